The maximum Gasteiger partial charge on any atom is 0.284 e. The van der Waals surface area contributed by atoms with Crippen molar-refractivity contribution in [2.75, 3.05) is 13.7 Å². The van der Waals surface area contributed by atoms with Crippen LogP contribution >= 0.6 is 11.6 Å². The molecule has 142 valence electrons. The highest BCUT2D eigenvalue weighted by atomic mass is 35.5. The van der Waals surface area contributed by atoms with E-state index in [1.807, 2.05) is 30.3 Å². The molecular weight excluding hydrogens is 382 g/mol. The van der Waals surface area contributed by atoms with Crippen LogP contribution < -0.4 is 19.6 Å². The SMILES string of the molecule is COc1ccc2cc(/C=N\NC(=O)[C@H]3COc4ccccc4O3)c(Cl)nc2c1. The van der Waals surface area contributed by atoms with Crippen LogP contribution in [-0.2, 0) is 4.79 Å². The van der Waals surface area contributed by atoms with Crippen molar-refractivity contribution >= 4 is 34.6 Å². The van der Waals surface area contributed by atoms with Gasteiger partial charge in [0.25, 0.3) is 5.91 Å². The molecule has 1 aliphatic rings. The predicted molar refractivity (Wildman–Crippen MR) is 105 cm³/mol. The Balaban J connectivity index is 1.44. The molecule has 1 N–H and O–H groups in total. The molecule has 3 aromatic rings. The lowest BCUT2D eigenvalue weighted by Crippen LogP contribution is -2.42. The minimum Gasteiger partial charge on any atom is -0.497 e. The summed E-state index contributed by atoms with van der Waals surface area (Å²) in [5.74, 6) is 1.41. The number of nitrogens with one attached hydrogen (secondary N) is 1. The molecule has 28 heavy (non-hydrogen) atoms. The van der Waals surface area contributed by atoms with E-state index in [0.29, 0.717) is 28.3 Å². The van der Waals surface area contributed by atoms with E-state index in [1.54, 1.807) is 25.3 Å². The van der Waals surface area contributed by atoms with E-state index in [-0.39, 0.29) is 11.8 Å². The minimum atomic E-state index is -0.787. The fourth-order valence-electron chi connectivity index (χ4n) is 2.74. The molecular formula is C20H16ClN3O4. The Kier molecular flexibility index (Phi) is 4.99. The first kappa shape index (κ1) is 18.1. The third-order valence-electron chi connectivity index (χ3n) is 4.18. The molecule has 2 heterocycles. The summed E-state index contributed by atoms with van der Waals surface area (Å²) in [5, 5.41) is 5.11. The summed E-state index contributed by atoms with van der Waals surface area (Å²) >= 11 is 6.22. The Labute approximate surface area is 165 Å². The third-order valence-corrected chi connectivity index (χ3v) is 4.49. The first-order valence-electron chi connectivity index (χ1n) is 8.50. The fraction of sp³-hybridized carbons (Fsp3) is 0.150. The van der Waals surface area contributed by atoms with E-state index in [9.17, 15) is 4.79 Å². The average Bonchev–Trinajstić information content (AvgIpc) is 2.73. The van der Waals surface area contributed by atoms with E-state index in [4.69, 9.17) is 25.8 Å². The van der Waals surface area contributed by atoms with Crippen molar-refractivity contribution in [3.63, 3.8) is 0 Å². The van der Waals surface area contributed by atoms with E-state index >= 15 is 0 Å². The number of amides is 1. The van der Waals surface area contributed by atoms with Crippen molar-refractivity contribution in [3.05, 3.63) is 59.2 Å². The molecule has 0 unspecified atom stereocenters. The molecule has 1 amide bonds. The molecule has 0 aliphatic carbocycles. The zero-order chi connectivity index (χ0) is 19.5. The molecule has 1 aromatic heterocycles. The summed E-state index contributed by atoms with van der Waals surface area (Å²) in [4.78, 5) is 16.6. The smallest absolute Gasteiger partial charge is 0.284 e. The maximum atomic E-state index is 12.3. The molecule has 0 spiro atoms. The number of fused-ring (bicyclic) bond motifs is 2. The second kappa shape index (κ2) is 7.74. The van der Waals surface area contributed by atoms with Gasteiger partial charge in [0.2, 0.25) is 6.10 Å². The number of pyridine rings is 1. The highest BCUT2D eigenvalue weighted by Crippen LogP contribution is 2.30. The number of aromatic nitrogens is 1. The van der Waals surface area contributed by atoms with Gasteiger partial charge in [0, 0.05) is 17.0 Å². The molecule has 7 nitrogen and oxygen atoms in total. The lowest BCUT2D eigenvalue weighted by molar-refractivity contribution is -0.130. The molecule has 0 fully saturated rings. The number of para-hydroxylation sites is 2. The first-order chi connectivity index (χ1) is 13.6. The standard InChI is InChI=1S/C20H16ClN3O4/c1-26-14-7-6-12-8-13(19(21)23-15(12)9-14)10-22-24-20(25)18-11-27-16-4-2-3-5-17(16)28-18/h2-10,18H,11H2,1H3,(H,24,25)/b22-10-/t18-/m1/s1. The van der Waals surface area contributed by atoms with Gasteiger partial charge in [0.1, 0.15) is 17.5 Å². The van der Waals surface area contributed by atoms with Gasteiger partial charge in [-0.05, 0) is 30.3 Å². The zero-order valence-electron chi connectivity index (χ0n) is 14.9. The highest BCUT2D eigenvalue weighted by molar-refractivity contribution is 6.32. The topological polar surface area (TPSA) is 82.0 Å². The van der Waals surface area contributed by atoms with Gasteiger partial charge in [-0.25, -0.2) is 10.4 Å². The molecule has 0 saturated carbocycles. The Morgan fingerprint density at radius 1 is 1.29 bits per heavy atom. The maximum absolute atomic E-state index is 12.3. The molecule has 8 heteroatoms. The van der Waals surface area contributed by atoms with Crippen LogP contribution in [0.25, 0.3) is 10.9 Å². The molecule has 0 bridgehead atoms. The number of hydrogen-bond acceptors (Lipinski definition) is 6. The zero-order valence-corrected chi connectivity index (χ0v) is 15.6. The average molecular weight is 398 g/mol. The van der Waals surface area contributed by atoms with Gasteiger partial charge in [-0.1, -0.05) is 23.7 Å². The fourth-order valence-corrected chi connectivity index (χ4v) is 2.94. The van der Waals surface area contributed by atoms with Crippen molar-refractivity contribution < 1.29 is 19.0 Å². The third kappa shape index (κ3) is 3.70. The Morgan fingerprint density at radius 3 is 2.93 bits per heavy atom. The summed E-state index contributed by atoms with van der Waals surface area (Å²) in [6.45, 7) is 0.110. The minimum absolute atomic E-state index is 0.110. The number of hydrogen-bond donors (Lipinski definition) is 1. The number of benzene rings is 2. The van der Waals surface area contributed by atoms with Crippen molar-refractivity contribution in [1.29, 1.82) is 0 Å². The van der Waals surface area contributed by atoms with E-state index in [1.165, 1.54) is 6.21 Å². The van der Waals surface area contributed by atoms with Crippen LogP contribution in [-0.4, -0.2) is 36.9 Å². The Hall–Kier alpha value is -3.32. The van der Waals surface area contributed by atoms with Crippen molar-refractivity contribution in [2.45, 2.75) is 6.10 Å². The van der Waals surface area contributed by atoms with Gasteiger partial charge in [0.05, 0.1) is 18.8 Å². The highest BCUT2D eigenvalue weighted by Gasteiger charge is 2.27. The number of halogens is 1. The lowest BCUT2D eigenvalue weighted by atomic mass is 10.1. The van der Waals surface area contributed by atoms with Crippen LogP contribution in [0.4, 0.5) is 0 Å². The lowest BCUT2D eigenvalue weighted by Gasteiger charge is -2.24. The van der Waals surface area contributed by atoms with Gasteiger partial charge in [0.15, 0.2) is 11.5 Å². The second-order valence-electron chi connectivity index (χ2n) is 6.03. The molecule has 1 aliphatic heterocycles. The number of hydrazone groups is 1. The van der Waals surface area contributed by atoms with E-state index in [2.05, 4.69) is 15.5 Å². The monoisotopic (exact) mass is 397 g/mol. The molecule has 4 rings (SSSR count). The summed E-state index contributed by atoms with van der Waals surface area (Å²) in [6.07, 6.45) is 0.652. The van der Waals surface area contributed by atoms with Crippen LogP contribution in [0.1, 0.15) is 5.56 Å². The van der Waals surface area contributed by atoms with E-state index in [0.717, 1.165) is 5.39 Å². The number of carbonyl (C=O) groups excluding carboxylic acids is 1. The van der Waals surface area contributed by atoms with E-state index < -0.39 is 12.0 Å². The number of rotatable bonds is 4. The summed E-state index contributed by atoms with van der Waals surface area (Å²) in [5.41, 5.74) is 3.72. The van der Waals surface area contributed by atoms with Gasteiger partial charge >= 0.3 is 0 Å². The summed E-state index contributed by atoms with van der Waals surface area (Å²) in [6, 6.07) is 14.5. The largest absolute Gasteiger partial charge is 0.497 e. The number of nitrogens with zero attached hydrogens (tertiary/aromatic N) is 2. The second-order valence-corrected chi connectivity index (χ2v) is 6.38. The normalized spacial score (nSPS) is 15.6. The first-order valence-corrected chi connectivity index (χ1v) is 8.87. The van der Waals surface area contributed by atoms with Crippen LogP contribution in [0.15, 0.2) is 53.6 Å². The van der Waals surface area contributed by atoms with Crippen molar-refractivity contribution in [2.24, 2.45) is 5.10 Å². The molecule has 0 saturated heterocycles. The summed E-state index contributed by atoms with van der Waals surface area (Å²) in [7, 11) is 1.59. The molecule has 0 radical (unpaired) electrons. The molecule has 2 aromatic carbocycles. The van der Waals surface area contributed by atoms with Gasteiger partial charge in [-0.3, -0.25) is 4.79 Å². The summed E-state index contributed by atoms with van der Waals surface area (Å²) < 4.78 is 16.4. The van der Waals surface area contributed by atoms with Gasteiger partial charge in [-0.15, -0.1) is 0 Å². The van der Waals surface area contributed by atoms with Crippen LogP contribution in [0, 0.1) is 0 Å². The van der Waals surface area contributed by atoms with Crippen LogP contribution in [0.5, 0.6) is 17.2 Å². The van der Waals surface area contributed by atoms with Gasteiger partial charge < -0.3 is 14.2 Å². The Morgan fingerprint density at radius 2 is 2.11 bits per heavy atom. The Bertz CT molecular complexity index is 1070. The van der Waals surface area contributed by atoms with Gasteiger partial charge in [-0.2, -0.15) is 5.10 Å². The number of carbonyl (C=O) groups is 1. The number of ether oxygens (including phenoxy) is 3. The van der Waals surface area contributed by atoms with Crippen LogP contribution in [0.2, 0.25) is 5.15 Å². The quantitative estimate of drug-likeness (QED) is 0.415. The number of methoxy groups -OCH3 is 1. The van der Waals surface area contributed by atoms with Crippen molar-refractivity contribution in [3.8, 4) is 17.2 Å². The van der Waals surface area contributed by atoms with Crippen LogP contribution in [0.3, 0.4) is 0 Å². The van der Waals surface area contributed by atoms with Crippen molar-refractivity contribution in [1.82, 2.24) is 10.4 Å². The predicted octanol–water partition coefficient (Wildman–Crippen LogP) is 3.19. The molecule has 1 atom stereocenters.